The highest BCUT2D eigenvalue weighted by atomic mass is 16.5. The number of carbonyl (C=O) groups excluding carboxylic acids is 1. The lowest BCUT2D eigenvalue weighted by molar-refractivity contribution is -0.136. The molecule has 1 aliphatic heterocycles. The van der Waals surface area contributed by atoms with Gasteiger partial charge in [-0.15, -0.1) is 0 Å². The first-order valence-corrected chi connectivity index (χ1v) is 8.25. The van der Waals surface area contributed by atoms with Gasteiger partial charge in [0, 0.05) is 32.0 Å². The second-order valence-corrected chi connectivity index (χ2v) is 6.29. The van der Waals surface area contributed by atoms with Gasteiger partial charge in [0.25, 0.3) is 0 Å². The minimum Gasteiger partial charge on any atom is -0.375 e. The first kappa shape index (κ1) is 16.6. The first-order valence-electron chi connectivity index (χ1n) is 8.25. The van der Waals surface area contributed by atoms with Crippen molar-refractivity contribution in [1.82, 2.24) is 24.4 Å². The molecule has 2 aromatic rings. The smallest absolute Gasteiger partial charge is 0.249 e. The van der Waals surface area contributed by atoms with E-state index in [1.807, 2.05) is 15.7 Å². The average molecular weight is 329 g/mol. The van der Waals surface area contributed by atoms with Crippen LogP contribution >= 0.6 is 0 Å². The second-order valence-electron chi connectivity index (χ2n) is 6.29. The standard InChI is InChI=1S/C17H23N5O2/c1-12(2)17-19-6-8-22(17)15-10-18-9-13(20-15)14-5-4-7-21(14)16(23)11-24-3/h6,8-10,12,14H,4-5,7,11H2,1-3H3/t14-/m0/s1. The number of amides is 1. The predicted octanol–water partition coefficient (Wildman–Crippen LogP) is 2.10. The summed E-state index contributed by atoms with van der Waals surface area (Å²) < 4.78 is 6.94. The van der Waals surface area contributed by atoms with Crippen molar-refractivity contribution in [1.29, 1.82) is 0 Å². The van der Waals surface area contributed by atoms with Gasteiger partial charge in [-0.2, -0.15) is 0 Å². The molecule has 1 fully saturated rings. The zero-order chi connectivity index (χ0) is 17.1. The Morgan fingerprint density at radius 3 is 3.00 bits per heavy atom. The van der Waals surface area contributed by atoms with E-state index < -0.39 is 0 Å². The number of imidazole rings is 1. The van der Waals surface area contributed by atoms with Gasteiger partial charge < -0.3 is 9.64 Å². The van der Waals surface area contributed by atoms with Gasteiger partial charge in [0.2, 0.25) is 5.91 Å². The van der Waals surface area contributed by atoms with Crippen LogP contribution in [0.3, 0.4) is 0 Å². The molecule has 3 heterocycles. The molecular formula is C17H23N5O2. The van der Waals surface area contributed by atoms with E-state index in [9.17, 15) is 4.79 Å². The summed E-state index contributed by atoms with van der Waals surface area (Å²) in [5, 5.41) is 0. The Morgan fingerprint density at radius 2 is 2.25 bits per heavy atom. The lowest BCUT2D eigenvalue weighted by Gasteiger charge is -2.24. The Hall–Kier alpha value is -2.28. The van der Waals surface area contributed by atoms with Crippen molar-refractivity contribution in [2.24, 2.45) is 0 Å². The number of hydrogen-bond donors (Lipinski definition) is 0. The molecule has 128 valence electrons. The highest BCUT2D eigenvalue weighted by Gasteiger charge is 2.31. The number of likely N-dealkylation sites (tertiary alicyclic amines) is 1. The Morgan fingerprint density at radius 1 is 1.42 bits per heavy atom. The largest absolute Gasteiger partial charge is 0.375 e. The summed E-state index contributed by atoms with van der Waals surface area (Å²) in [6, 6.07) is -0.0360. The quantitative estimate of drug-likeness (QED) is 0.840. The van der Waals surface area contributed by atoms with Crippen LogP contribution in [0.2, 0.25) is 0 Å². The van der Waals surface area contributed by atoms with E-state index in [4.69, 9.17) is 9.72 Å². The molecule has 7 heteroatoms. The Bertz CT molecular complexity index is 713. The van der Waals surface area contributed by atoms with Gasteiger partial charge in [0.1, 0.15) is 12.4 Å². The molecule has 1 atom stereocenters. The van der Waals surface area contributed by atoms with Crippen molar-refractivity contribution in [3.8, 4) is 5.82 Å². The highest BCUT2D eigenvalue weighted by Crippen LogP contribution is 2.31. The molecule has 0 aliphatic carbocycles. The zero-order valence-electron chi connectivity index (χ0n) is 14.3. The van der Waals surface area contributed by atoms with Gasteiger partial charge in [-0.1, -0.05) is 13.8 Å². The van der Waals surface area contributed by atoms with Gasteiger partial charge in [0.05, 0.1) is 24.1 Å². The zero-order valence-corrected chi connectivity index (χ0v) is 14.3. The van der Waals surface area contributed by atoms with Crippen LogP contribution in [0.25, 0.3) is 5.82 Å². The number of methoxy groups -OCH3 is 1. The van der Waals surface area contributed by atoms with Gasteiger partial charge >= 0.3 is 0 Å². The summed E-state index contributed by atoms with van der Waals surface area (Å²) in [6.45, 7) is 5.03. The SMILES string of the molecule is COCC(=O)N1CCC[C@H]1c1cncc(-n2ccnc2C(C)C)n1. The lowest BCUT2D eigenvalue weighted by atomic mass is 10.1. The molecule has 1 amide bonds. The van der Waals surface area contributed by atoms with Crippen molar-refractivity contribution in [2.75, 3.05) is 20.3 Å². The predicted molar refractivity (Wildman–Crippen MR) is 88.8 cm³/mol. The third-order valence-electron chi connectivity index (χ3n) is 4.26. The fourth-order valence-electron chi connectivity index (χ4n) is 3.16. The number of hydrogen-bond acceptors (Lipinski definition) is 5. The number of carbonyl (C=O) groups is 1. The molecule has 1 saturated heterocycles. The van der Waals surface area contributed by atoms with Crippen LogP contribution in [0.4, 0.5) is 0 Å². The van der Waals surface area contributed by atoms with Crippen LogP contribution in [-0.2, 0) is 9.53 Å². The Balaban J connectivity index is 1.90. The van der Waals surface area contributed by atoms with Crippen LogP contribution in [0.5, 0.6) is 0 Å². The summed E-state index contributed by atoms with van der Waals surface area (Å²) in [6.07, 6.45) is 9.01. The van der Waals surface area contributed by atoms with Crippen molar-refractivity contribution in [3.63, 3.8) is 0 Å². The van der Waals surface area contributed by atoms with E-state index >= 15 is 0 Å². The van der Waals surface area contributed by atoms with E-state index in [2.05, 4.69) is 23.8 Å². The second kappa shape index (κ2) is 7.09. The number of nitrogens with zero attached hydrogens (tertiary/aromatic N) is 5. The van der Waals surface area contributed by atoms with Gasteiger partial charge in [-0.3, -0.25) is 14.3 Å². The molecular weight excluding hydrogens is 306 g/mol. The fraction of sp³-hybridized carbons (Fsp3) is 0.529. The lowest BCUT2D eigenvalue weighted by Crippen LogP contribution is -2.33. The molecule has 0 radical (unpaired) electrons. The maximum Gasteiger partial charge on any atom is 0.249 e. The maximum absolute atomic E-state index is 12.2. The van der Waals surface area contributed by atoms with Crippen LogP contribution in [0.15, 0.2) is 24.8 Å². The molecule has 0 aromatic carbocycles. The summed E-state index contributed by atoms with van der Waals surface area (Å²) in [5.41, 5.74) is 0.817. The number of aromatic nitrogens is 4. The minimum atomic E-state index is -0.0360. The first-order chi connectivity index (χ1) is 11.6. The van der Waals surface area contributed by atoms with E-state index in [1.165, 1.54) is 7.11 Å². The molecule has 1 aliphatic rings. The van der Waals surface area contributed by atoms with E-state index in [0.717, 1.165) is 36.7 Å². The van der Waals surface area contributed by atoms with Crippen LogP contribution in [0.1, 0.15) is 50.2 Å². The van der Waals surface area contributed by atoms with E-state index in [-0.39, 0.29) is 24.5 Å². The molecule has 0 spiro atoms. The summed E-state index contributed by atoms with van der Waals surface area (Å²) in [5.74, 6) is 1.97. The van der Waals surface area contributed by atoms with Crippen molar-refractivity contribution < 1.29 is 9.53 Å². The van der Waals surface area contributed by atoms with Gasteiger partial charge in [0.15, 0.2) is 5.82 Å². The molecule has 0 bridgehead atoms. The topological polar surface area (TPSA) is 73.1 Å². The highest BCUT2D eigenvalue weighted by molar-refractivity contribution is 5.78. The summed E-state index contributed by atoms with van der Waals surface area (Å²) in [7, 11) is 1.54. The van der Waals surface area contributed by atoms with Crippen molar-refractivity contribution in [2.45, 2.75) is 38.6 Å². The number of ether oxygens (including phenoxy) is 1. The monoisotopic (exact) mass is 329 g/mol. The molecule has 2 aromatic heterocycles. The molecule has 0 unspecified atom stereocenters. The average Bonchev–Trinajstić information content (AvgIpc) is 3.24. The van der Waals surface area contributed by atoms with Crippen LogP contribution in [-0.4, -0.2) is 50.6 Å². The molecule has 0 saturated carbocycles. The molecule has 24 heavy (non-hydrogen) atoms. The third kappa shape index (κ3) is 3.17. The van der Waals surface area contributed by atoms with Crippen LogP contribution < -0.4 is 0 Å². The molecule has 7 nitrogen and oxygen atoms in total. The Labute approximate surface area is 141 Å². The third-order valence-corrected chi connectivity index (χ3v) is 4.26. The van der Waals surface area contributed by atoms with Crippen LogP contribution in [0, 0.1) is 0 Å². The minimum absolute atomic E-state index is 0.00213. The van der Waals surface area contributed by atoms with Gasteiger partial charge in [-0.25, -0.2) is 9.97 Å². The number of rotatable bonds is 5. The normalized spacial score (nSPS) is 17.7. The molecule has 0 N–H and O–H groups in total. The van der Waals surface area contributed by atoms with Gasteiger partial charge in [-0.05, 0) is 12.8 Å². The summed E-state index contributed by atoms with van der Waals surface area (Å²) in [4.78, 5) is 27.6. The van der Waals surface area contributed by atoms with E-state index in [0.29, 0.717) is 0 Å². The van der Waals surface area contributed by atoms with Crippen molar-refractivity contribution in [3.05, 3.63) is 36.3 Å². The summed E-state index contributed by atoms with van der Waals surface area (Å²) >= 11 is 0. The maximum atomic E-state index is 12.2. The fourth-order valence-corrected chi connectivity index (χ4v) is 3.16. The van der Waals surface area contributed by atoms with E-state index in [1.54, 1.807) is 18.6 Å². The molecule has 3 rings (SSSR count). The van der Waals surface area contributed by atoms with Crippen molar-refractivity contribution >= 4 is 5.91 Å². The Kier molecular flexibility index (Phi) is 4.89.